The average Bonchev–Trinajstić information content (AvgIpc) is 3.12. The van der Waals surface area contributed by atoms with Crippen LogP contribution in [-0.2, 0) is 13.0 Å². The summed E-state index contributed by atoms with van der Waals surface area (Å²) in [5.74, 6) is 0.577. The highest BCUT2D eigenvalue weighted by Crippen LogP contribution is 2.29. The van der Waals surface area contributed by atoms with Crippen LogP contribution in [0.1, 0.15) is 51.8 Å². The summed E-state index contributed by atoms with van der Waals surface area (Å²) < 4.78 is 14.2. The summed E-state index contributed by atoms with van der Waals surface area (Å²) in [6.07, 6.45) is 3.14. The van der Waals surface area contributed by atoms with E-state index in [1.165, 1.54) is 22.9 Å². The van der Waals surface area contributed by atoms with Crippen molar-refractivity contribution >= 4 is 17.6 Å². The Balaban J connectivity index is 1.44. The largest absolute Gasteiger partial charge is 0.487 e. The topological polar surface area (TPSA) is 64.1 Å². The van der Waals surface area contributed by atoms with Gasteiger partial charge in [0.15, 0.2) is 0 Å². The molecule has 0 aliphatic heterocycles. The molecule has 0 radical (unpaired) electrons. The van der Waals surface area contributed by atoms with Crippen LogP contribution in [-0.4, -0.2) is 14.7 Å². The lowest BCUT2D eigenvalue weighted by molar-refractivity contribution is 0.0932. The summed E-state index contributed by atoms with van der Waals surface area (Å²) >= 11 is 1.18. The van der Waals surface area contributed by atoms with E-state index >= 15 is 0 Å². The number of carbonyl (C=O) groups is 1. The lowest BCUT2D eigenvalue weighted by Crippen LogP contribution is -2.30. The summed E-state index contributed by atoms with van der Waals surface area (Å²) in [7, 11) is 0. The van der Waals surface area contributed by atoms with E-state index in [9.17, 15) is 4.79 Å². The van der Waals surface area contributed by atoms with E-state index in [2.05, 4.69) is 32.3 Å². The Bertz CT molecular complexity index is 954. The van der Waals surface area contributed by atoms with Crippen LogP contribution in [0.25, 0.3) is 0 Å². The van der Waals surface area contributed by atoms with Gasteiger partial charge in [0.25, 0.3) is 5.91 Å². The number of hydrogen-bond donors (Lipinski definition) is 1. The summed E-state index contributed by atoms with van der Waals surface area (Å²) in [6.45, 7) is 2.26. The van der Waals surface area contributed by atoms with Gasteiger partial charge in [0, 0.05) is 5.56 Å². The van der Waals surface area contributed by atoms with E-state index in [1.54, 1.807) is 6.07 Å². The first-order valence-electron chi connectivity index (χ1n) is 9.10. The van der Waals surface area contributed by atoms with Crippen LogP contribution in [0.15, 0.2) is 48.5 Å². The molecule has 27 heavy (non-hydrogen) atoms. The van der Waals surface area contributed by atoms with Gasteiger partial charge in [-0.3, -0.25) is 4.79 Å². The third-order valence-electron chi connectivity index (χ3n) is 4.89. The molecule has 1 aromatic heterocycles. The van der Waals surface area contributed by atoms with Gasteiger partial charge in [-0.1, -0.05) is 30.3 Å². The van der Waals surface area contributed by atoms with Crippen LogP contribution in [0.4, 0.5) is 0 Å². The standard InChI is InChI=1S/C21H21N3O2S/c1-14-20(24-27-23-14)13-26-17-9-4-8-16(12-17)21(25)22-19-11-5-7-15-6-2-3-10-18(15)19/h2-4,6,8-10,12,19H,5,7,11,13H2,1H3,(H,22,25). The molecule has 1 aliphatic rings. The third kappa shape index (κ3) is 4.01. The molecule has 138 valence electrons. The molecule has 5 nitrogen and oxygen atoms in total. The first kappa shape index (κ1) is 17.7. The zero-order valence-corrected chi connectivity index (χ0v) is 16.0. The van der Waals surface area contributed by atoms with Crippen LogP contribution in [0.3, 0.4) is 0 Å². The smallest absolute Gasteiger partial charge is 0.251 e. The number of amides is 1. The number of hydrogen-bond acceptors (Lipinski definition) is 5. The van der Waals surface area contributed by atoms with E-state index in [0.29, 0.717) is 17.9 Å². The van der Waals surface area contributed by atoms with Gasteiger partial charge in [-0.05, 0) is 55.5 Å². The molecule has 1 atom stereocenters. The van der Waals surface area contributed by atoms with Crippen molar-refractivity contribution in [2.24, 2.45) is 0 Å². The lowest BCUT2D eigenvalue weighted by atomic mass is 9.87. The zero-order chi connectivity index (χ0) is 18.6. The van der Waals surface area contributed by atoms with Crippen molar-refractivity contribution in [2.75, 3.05) is 0 Å². The maximum absolute atomic E-state index is 12.8. The van der Waals surface area contributed by atoms with Crippen LogP contribution < -0.4 is 10.1 Å². The monoisotopic (exact) mass is 379 g/mol. The quantitative estimate of drug-likeness (QED) is 0.720. The van der Waals surface area contributed by atoms with Crippen LogP contribution >= 0.6 is 11.7 Å². The summed E-state index contributed by atoms with van der Waals surface area (Å²) in [5, 5.41) is 3.18. The van der Waals surface area contributed by atoms with E-state index < -0.39 is 0 Å². The highest BCUT2D eigenvalue weighted by molar-refractivity contribution is 6.99. The van der Waals surface area contributed by atoms with Crippen molar-refractivity contribution in [2.45, 2.75) is 38.8 Å². The van der Waals surface area contributed by atoms with Gasteiger partial charge in [0.1, 0.15) is 18.1 Å². The first-order chi connectivity index (χ1) is 13.2. The Morgan fingerprint density at radius 2 is 2.11 bits per heavy atom. The van der Waals surface area contributed by atoms with Crippen molar-refractivity contribution in [1.29, 1.82) is 0 Å². The van der Waals surface area contributed by atoms with Crippen molar-refractivity contribution in [3.63, 3.8) is 0 Å². The molecule has 0 saturated carbocycles. The molecule has 1 amide bonds. The maximum Gasteiger partial charge on any atom is 0.251 e. The van der Waals surface area contributed by atoms with Gasteiger partial charge < -0.3 is 10.1 Å². The fraction of sp³-hybridized carbons (Fsp3) is 0.286. The molecule has 2 aromatic carbocycles. The predicted octanol–water partition coefficient (Wildman–Crippen LogP) is 4.23. The molecule has 1 unspecified atom stereocenters. The van der Waals surface area contributed by atoms with Crippen LogP contribution in [0.2, 0.25) is 0 Å². The Hall–Kier alpha value is -2.73. The fourth-order valence-electron chi connectivity index (χ4n) is 3.40. The minimum absolute atomic E-state index is 0.0655. The second-order valence-corrected chi connectivity index (χ2v) is 7.26. The zero-order valence-electron chi connectivity index (χ0n) is 15.1. The summed E-state index contributed by atoms with van der Waals surface area (Å²) in [6, 6.07) is 15.7. The van der Waals surface area contributed by atoms with Crippen molar-refractivity contribution in [3.8, 4) is 5.75 Å². The molecular formula is C21H21N3O2S. The van der Waals surface area contributed by atoms with Crippen LogP contribution in [0.5, 0.6) is 5.75 Å². The number of aryl methyl sites for hydroxylation is 2. The molecule has 1 aliphatic carbocycles. The van der Waals surface area contributed by atoms with E-state index in [-0.39, 0.29) is 11.9 Å². The fourth-order valence-corrected chi connectivity index (χ4v) is 3.96. The Kier molecular flexibility index (Phi) is 5.16. The van der Waals surface area contributed by atoms with Gasteiger partial charge >= 0.3 is 0 Å². The number of carbonyl (C=O) groups excluding carboxylic acids is 1. The molecular weight excluding hydrogens is 358 g/mol. The number of fused-ring (bicyclic) bond motifs is 1. The SMILES string of the molecule is Cc1nsnc1COc1cccc(C(=O)NC2CCCc3ccccc32)c1. The van der Waals surface area contributed by atoms with Gasteiger partial charge in [-0.2, -0.15) is 8.75 Å². The predicted molar refractivity (Wildman–Crippen MR) is 105 cm³/mol. The lowest BCUT2D eigenvalue weighted by Gasteiger charge is -2.26. The molecule has 0 spiro atoms. The van der Waals surface area contributed by atoms with Gasteiger partial charge in [-0.15, -0.1) is 0 Å². The Labute approximate surface area is 162 Å². The number of nitrogens with one attached hydrogen (secondary N) is 1. The van der Waals surface area contributed by atoms with E-state index in [1.807, 2.05) is 31.2 Å². The minimum atomic E-state index is -0.0753. The van der Waals surface area contributed by atoms with Gasteiger partial charge in [-0.25, -0.2) is 0 Å². The number of aromatic nitrogens is 2. The van der Waals surface area contributed by atoms with Gasteiger partial charge in [0.05, 0.1) is 23.5 Å². The third-order valence-corrected chi connectivity index (χ3v) is 5.55. The molecule has 6 heteroatoms. The van der Waals surface area contributed by atoms with E-state index in [0.717, 1.165) is 30.7 Å². The number of ether oxygens (including phenoxy) is 1. The van der Waals surface area contributed by atoms with Crippen molar-refractivity contribution < 1.29 is 9.53 Å². The van der Waals surface area contributed by atoms with Crippen LogP contribution in [0, 0.1) is 6.92 Å². The minimum Gasteiger partial charge on any atom is -0.487 e. The molecule has 0 saturated heterocycles. The van der Waals surface area contributed by atoms with E-state index in [4.69, 9.17) is 4.74 Å². The molecule has 3 aromatic rings. The molecule has 0 fully saturated rings. The van der Waals surface area contributed by atoms with Gasteiger partial charge in [0.2, 0.25) is 0 Å². The average molecular weight is 379 g/mol. The molecule has 1 N–H and O–H groups in total. The second-order valence-electron chi connectivity index (χ2n) is 6.73. The Morgan fingerprint density at radius 1 is 1.22 bits per heavy atom. The number of nitrogens with zero attached hydrogens (tertiary/aromatic N) is 2. The highest BCUT2D eigenvalue weighted by Gasteiger charge is 2.22. The van der Waals surface area contributed by atoms with Crippen molar-refractivity contribution in [1.82, 2.24) is 14.1 Å². The normalized spacial score (nSPS) is 15.8. The second kappa shape index (κ2) is 7.88. The number of benzene rings is 2. The van der Waals surface area contributed by atoms with Crippen molar-refractivity contribution in [3.05, 3.63) is 76.6 Å². The number of rotatable bonds is 5. The highest BCUT2D eigenvalue weighted by atomic mass is 32.1. The summed E-state index contributed by atoms with van der Waals surface area (Å²) in [4.78, 5) is 12.8. The summed E-state index contributed by atoms with van der Waals surface area (Å²) in [5.41, 5.74) is 4.87. The molecule has 4 rings (SSSR count). The Morgan fingerprint density at radius 3 is 2.96 bits per heavy atom. The first-order valence-corrected chi connectivity index (χ1v) is 9.83. The molecule has 1 heterocycles. The molecule has 0 bridgehead atoms. The maximum atomic E-state index is 12.8.